The molecule has 0 N–H and O–H groups in total. The number of ether oxygens (including phenoxy) is 5. The summed E-state index contributed by atoms with van der Waals surface area (Å²) in [5, 5.41) is 0. The van der Waals surface area contributed by atoms with E-state index >= 15 is 0 Å². The molecule has 1 aliphatic rings. The van der Waals surface area contributed by atoms with Crippen LogP contribution < -0.4 is 24.0 Å². The lowest BCUT2D eigenvalue weighted by molar-refractivity contribution is -0.915. The number of rotatable bonds is 9. The predicted octanol–water partition coefficient (Wildman–Crippen LogP) is -2.83. The van der Waals surface area contributed by atoms with Crippen molar-refractivity contribution in [2.45, 2.75) is 45.4 Å². The van der Waals surface area contributed by atoms with Crippen LogP contribution in [-0.4, -0.2) is 87.1 Å². The van der Waals surface area contributed by atoms with Gasteiger partial charge in [-0.25, -0.2) is 0 Å². The summed E-state index contributed by atoms with van der Waals surface area (Å²) in [5.74, 6) is 0.468. The SMILES string of the molecule is C#CC[N+](C)(CF)CCO[C@@H]1OC[C@@H](OC(C)=O)[C@H](OC(C)=O)[C@H]1OC(C)=O.[I-]. The van der Waals surface area contributed by atoms with Gasteiger partial charge in [-0.15, -0.1) is 6.42 Å². The molecule has 1 rings (SSSR count). The average molecular weight is 531 g/mol. The van der Waals surface area contributed by atoms with E-state index in [9.17, 15) is 18.8 Å². The molecular formula is C18H27FINO8. The Kier molecular flexibility index (Phi) is 12.3. The van der Waals surface area contributed by atoms with Crippen LogP contribution in [0.25, 0.3) is 0 Å². The van der Waals surface area contributed by atoms with Crippen LogP contribution in [0.1, 0.15) is 20.8 Å². The molecule has 166 valence electrons. The van der Waals surface area contributed by atoms with E-state index in [1.165, 1.54) is 20.8 Å². The van der Waals surface area contributed by atoms with E-state index < -0.39 is 49.3 Å². The van der Waals surface area contributed by atoms with E-state index in [0.717, 1.165) is 0 Å². The second kappa shape index (κ2) is 12.9. The molecule has 1 unspecified atom stereocenters. The smallest absolute Gasteiger partial charge is 0.303 e. The van der Waals surface area contributed by atoms with Gasteiger partial charge in [-0.2, -0.15) is 4.39 Å². The van der Waals surface area contributed by atoms with E-state index in [4.69, 9.17) is 30.1 Å². The number of terminal acetylenes is 1. The number of alkyl halides is 1. The molecule has 0 spiro atoms. The molecule has 29 heavy (non-hydrogen) atoms. The molecule has 1 fully saturated rings. The predicted molar refractivity (Wildman–Crippen MR) is 93.1 cm³/mol. The number of esters is 3. The summed E-state index contributed by atoms with van der Waals surface area (Å²) < 4.78 is 39.8. The van der Waals surface area contributed by atoms with Crippen molar-refractivity contribution >= 4 is 17.9 Å². The molecular weight excluding hydrogens is 504 g/mol. The zero-order valence-electron chi connectivity index (χ0n) is 16.9. The van der Waals surface area contributed by atoms with Crippen LogP contribution in [0.2, 0.25) is 0 Å². The molecule has 0 radical (unpaired) electrons. The van der Waals surface area contributed by atoms with Crippen molar-refractivity contribution in [3.8, 4) is 12.3 Å². The second-order valence-electron chi connectivity index (χ2n) is 6.69. The first kappa shape index (κ1) is 27.5. The molecule has 11 heteroatoms. The average Bonchev–Trinajstić information content (AvgIpc) is 2.58. The zero-order valence-corrected chi connectivity index (χ0v) is 19.0. The fourth-order valence-electron chi connectivity index (χ4n) is 2.64. The molecule has 5 atom stereocenters. The molecule has 0 amide bonds. The Morgan fingerprint density at radius 3 is 2.14 bits per heavy atom. The van der Waals surface area contributed by atoms with Gasteiger partial charge >= 0.3 is 17.9 Å². The van der Waals surface area contributed by atoms with Gasteiger partial charge in [0.15, 0.2) is 24.6 Å². The molecule has 0 aromatic rings. The van der Waals surface area contributed by atoms with Crippen LogP contribution in [0.3, 0.4) is 0 Å². The number of hydrogen-bond donors (Lipinski definition) is 0. The van der Waals surface area contributed by atoms with Gasteiger partial charge in [0.25, 0.3) is 0 Å². The maximum Gasteiger partial charge on any atom is 0.303 e. The molecule has 1 saturated heterocycles. The Labute approximate surface area is 186 Å². The normalized spacial score (nSPS) is 25.5. The number of likely N-dealkylation sites (N-methyl/N-ethyl adjacent to an activating group) is 1. The highest BCUT2D eigenvalue weighted by Crippen LogP contribution is 2.25. The molecule has 0 bridgehead atoms. The highest BCUT2D eigenvalue weighted by molar-refractivity contribution is 5.68. The molecule has 9 nitrogen and oxygen atoms in total. The molecule has 0 aliphatic carbocycles. The van der Waals surface area contributed by atoms with E-state index in [1.54, 1.807) is 7.05 Å². The first-order valence-electron chi connectivity index (χ1n) is 8.69. The van der Waals surface area contributed by atoms with Gasteiger partial charge in [-0.1, -0.05) is 0 Å². The van der Waals surface area contributed by atoms with E-state index in [-0.39, 0.29) is 54.8 Å². The number of hydrogen-bond acceptors (Lipinski definition) is 8. The Bertz CT molecular complexity index is 613. The van der Waals surface area contributed by atoms with Crippen LogP contribution in [0.15, 0.2) is 0 Å². The van der Waals surface area contributed by atoms with Crippen LogP contribution in [0, 0.1) is 12.3 Å². The van der Waals surface area contributed by atoms with Gasteiger partial charge in [-0.05, 0) is 5.92 Å². The number of carbonyl (C=O) groups excluding carboxylic acids is 3. The van der Waals surface area contributed by atoms with Gasteiger partial charge in [0.2, 0.25) is 6.80 Å². The topological polar surface area (TPSA) is 97.4 Å². The Morgan fingerprint density at radius 2 is 1.66 bits per heavy atom. The quantitative estimate of drug-likeness (QED) is 0.0785. The maximum absolute atomic E-state index is 13.2. The summed E-state index contributed by atoms with van der Waals surface area (Å²) in [6.45, 7) is 3.15. The summed E-state index contributed by atoms with van der Waals surface area (Å²) in [6.07, 6.45) is 0.900. The highest BCUT2D eigenvalue weighted by atomic mass is 127. The first-order chi connectivity index (χ1) is 13.1. The third-order valence-electron chi connectivity index (χ3n) is 3.98. The lowest BCUT2D eigenvalue weighted by atomic mass is 10.0. The third-order valence-corrected chi connectivity index (χ3v) is 3.98. The number of carbonyl (C=O) groups is 3. The zero-order chi connectivity index (χ0) is 21.3. The number of quaternary nitrogens is 1. The molecule has 1 heterocycles. The monoisotopic (exact) mass is 531 g/mol. The summed E-state index contributed by atoms with van der Waals surface area (Å²) >= 11 is 0. The van der Waals surface area contributed by atoms with Crippen molar-refractivity contribution in [1.82, 2.24) is 0 Å². The lowest BCUT2D eigenvalue weighted by Crippen LogP contribution is -3.00. The van der Waals surface area contributed by atoms with Crippen molar-refractivity contribution in [3.63, 3.8) is 0 Å². The van der Waals surface area contributed by atoms with Crippen LogP contribution >= 0.6 is 0 Å². The minimum absolute atomic E-state index is 0. The summed E-state index contributed by atoms with van der Waals surface area (Å²) in [5.41, 5.74) is 0. The molecule has 0 aromatic carbocycles. The maximum atomic E-state index is 13.2. The molecule has 0 saturated carbocycles. The van der Waals surface area contributed by atoms with Crippen LogP contribution in [-0.2, 0) is 38.1 Å². The van der Waals surface area contributed by atoms with Crippen molar-refractivity contribution in [1.29, 1.82) is 0 Å². The van der Waals surface area contributed by atoms with Crippen LogP contribution in [0.5, 0.6) is 0 Å². The minimum Gasteiger partial charge on any atom is -1.00 e. The Balaban J connectivity index is 0.00000784. The third kappa shape index (κ3) is 9.24. The Morgan fingerprint density at radius 1 is 1.10 bits per heavy atom. The minimum atomic E-state index is -1.17. The van der Waals surface area contributed by atoms with Gasteiger partial charge in [0.1, 0.15) is 13.1 Å². The fraction of sp³-hybridized carbons (Fsp3) is 0.722. The van der Waals surface area contributed by atoms with Gasteiger partial charge in [-0.3, -0.25) is 18.9 Å². The van der Waals surface area contributed by atoms with Gasteiger partial charge < -0.3 is 47.7 Å². The van der Waals surface area contributed by atoms with Crippen molar-refractivity contribution in [2.75, 3.05) is 40.1 Å². The van der Waals surface area contributed by atoms with Crippen molar-refractivity contribution < 1.29 is 70.9 Å². The van der Waals surface area contributed by atoms with E-state index in [0.29, 0.717) is 0 Å². The van der Waals surface area contributed by atoms with Gasteiger partial charge in [0, 0.05) is 20.8 Å². The summed E-state index contributed by atoms with van der Waals surface area (Å²) in [6, 6.07) is 0. The largest absolute Gasteiger partial charge is 1.00 e. The highest BCUT2D eigenvalue weighted by Gasteiger charge is 2.47. The Hall–Kier alpha value is -1.49. The number of halogens is 2. The van der Waals surface area contributed by atoms with Crippen molar-refractivity contribution in [3.05, 3.63) is 0 Å². The van der Waals surface area contributed by atoms with Gasteiger partial charge in [0.05, 0.1) is 20.3 Å². The van der Waals surface area contributed by atoms with E-state index in [2.05, 4.69) is 5.92 Å². The molecule has 0 aromatic heterocycles. The lowest BCUT2D eigenvalue weighted by Gasteiger charge is -2.40. The number of nitrogens with zero attached hydrogens (tertiary/aromatic N) is 1. The van der Waals surface area contributed by atoms with Crippen molar-refractivity contribution in [2.24, 2.45) is 0 Å². The van der Waals surface area contributed by atoms with E-state index in [1.807, 2.05) is 0 Å². The van der Waals surface area contributed by atoms with Crippen LogP contribution in [0.4, 0.5) is 4.39 Å². The standard InChI is InChI=1S/C18H27FNO8.HI/c1-6-7-20(5,11-19)8-9-24-18-17(28-14(4)23)16(27-13(3)22)15(10-25-18)26-12(2)21;/h1,15-18H,7-11H2,2-5H3;1H/q+1;/p-1/t15-,16+,17-,18-,20?;/m1./s1. The molecule has 1 aliphatic heterocycles. The second-order valence-corrected chi connectivity index (χ2v) is 6.69. The summed E-state index contributed by atoms with van der Waals surface area (Å²) in [4.78, 5) is 34.3. The first-order valence-corrected chi connectivity index (χ1v) is 8.69. The summed E-state index contributed by atoms with van der Waals surface area (Å²) in [7, 11) is 1.63. The fourth-order valence-corrected chi connectivity index (χ4v) is 2.64.